The molecule has 0 aliphatic rings. The largest absolute Gasteiger partial charge is 0.481 e. The quantitative estimate of drug-likeness (QED) is 0.701. The maximum atomic E-state index is 12.1. The Bertz CT molecular complexity index is 619. The summed E-state index contributed by atoms with van der Waals surface area (Å²) in [5.74, 6) is -1.03. The topological polar surface area (TPSA) is 83.5 Å². The molecule has 122 valence electrons. The lowest BCUT2D eigenvalue weighted by Crippen LogP contribution is -2.49. The van der Waals surface area contributed by atoms with Crippen LogP contribution in [0.4, 0.5) is 0 Å². The summed E-state index contributed by atoms with van der Waals surface area (Å²) in [7, 11) is 1.93. The van der Waals surface area contributed by atoms with Crippen molar-refractivity contribution in [2.24, 2.45) is 0 Å². The van der Waals surface area contributed by atoms with Gasteiger partial charge in [-0.25, -0.2) is 13.1 Å². The number of hydrogen-bond donors (Lipinski definition) is 2. The lowest BCUT2D eigenvalue weighted by atomic mass is 10.2. The third kappa shape index (κ3) is 7.92. The van der Waals surface area contributed by atoms with E-state index < -0.39 is 22.0 Å². The van der Waals surface area contributed by atoms with Gasteiger partial charge in [-0.1, -0.05) is 30.3 Å². The Morgan fingerprint density at radius 2 is 1.86 bits per heavy atom. The van der Waals surface area contributed by atoms with Gasteiger partial charge in [0.2, 0.25) is 10.0 Å². The van der Waals surface area contributed by atoms with Gasteiger partial charge in [-0.05, 0) is 11.6 Å². The van der Waals surface area contributed by atoms with E-state index in [-0.39, 0.29) is 6.42 Å². The van der Waals surface area contributed by atoms with Crippen LogP contribution < -0.4 is 4.72 Å². The molecule has 0 saturated heterocycles. The normalized spacial score (nSPS) is 14.1. The second-order valence-corrected chi connectivity index (χ2v) is 7.74. The molecule has 1 aromatic rings. The Kier molecular flexibility index (Phi) is 6.28. The molecule has 0 radical (unpaired) electrons. The number of aliphatic carboxylic acids is 1. The minimum Gasteiger partial charge on any atom is -0.481 e. The number of rotatable bonds is 8. The summed E-state index contributed by atoms with van der Waals surface area (Å²) < 4.78 is 27.1. The molecule has 0 aliphatic carbocycles. The summed E-state index contributed by atoms with van der Waals surface area (Å²) in [5.41, 5.74) is 0.759. The smallest absolute Gasteiger partial charge is 0.305 e. The first-order valence-electron chi connectivity index (χ1n) is 6.85. The Morgan fingerprint density at radius 3 is 2.36 bits per heavy atom. The van der Waals surface area contributed by atoms with Gasteiger partial charge in [0.25, 0.3) is 0 Å². The van der Waals surface area contributed by atoms with Crippen LogP contribution in [0, 0.1) is 0 Å². The van der Waals surface area contributed by atoms with Crippen LogP contribution in [-0.2, 0) is 14.8 Å². The summed E-state index contributed by atoms with van der Waals surface area (Å²) in [4.78, 5) is 10.9. The highest BCUT2D eigenvalue weighted by Crippen LogP contribution is 2.06. The molecule has 22 heavy (non-hydrogen) atoms. The molecule has 0 amide bonds. The molecule has 1 aromatic carbocycles. The van der Waals surface area contributed by atoms with Crippen molar-refractivity contribution in [2.45, 2.75) is 12.5 Å². The van der Waals surface area contributed by atoms with E-state index in [4.69, 9.17) is 5.11 Å². The van der Waals surface area contributed by atoms with E-state index in [1.165, 1.54) is 6.08 Å². The molecule has 0 heterocycles. The molecule has 1 atom stereocenters. The van der Waals surface area contributed by atoms with E-state index >= 15 is 0 Å². The van der Waals surface area contributed by atoms with Crippen LogP contribution in [0.25, 0.3) is 6.08 Å². The fourth-order valence-electron chi connectivity index (χ4n) is 2.02. The van der Waals surface area contributed by atoms with E-state index in [2.05, 4.69) is 4.72 Å². The van der Waals surface area contributed by atoms with Crippen LogP contribution in [0.3, 0.4) is 0 Å². The summed E-state index contributed by atoms with van der Waals surface area (Å²) in [6.45, 7) is 0.380. The van der Waals surface area contributed by atoms with Crippen LogP contribution in [0.15, 0.2) is 35.7 Å². The van der Waals surface area contributed by atoms with Gasteiger partial charge in [0, 0.05) is 5.41 Å². The zero-order chi connectivity index (χ0) is 16.8. The highest BCUT2D eigenvalue weighted by atomic mass is 32.2. The van der Waals surface area contributed by atoms with Crippen molar-refractivity contribution < 1.29 is 22.8 Å². The second kappa shape index (κ2) is 7.53. The molecule has 0 saturated carbocycles. The SMILES string of the molecule is C[N+](C)(C)C[C@H](CC(=O)O)NS(=O)(=O)/C=C/c1ccccc1. The van der Waals surface area contributed by atoms with Crippen molar-refractivity contribution >= 4 is 22.1 Å². The average molecular weight is 327 g/mol. The first-order chi connectivity index (χ1) is 10.1. The van der Waals surface area contributed by atoms with Gasteiger partial charge in [-0.2, -0.15) is 0 Å². The first-order valence-corrected chi connectivity index (χ1v) is 8.40. The van der Waals surface area contributed by atoms with Crippen molar-refractivity contribution in [3.63, 3.8) is 0 Å². The van der Waals surface area contributed by atoms with Crippen molar-refractivity contribution in [3.8, 4) is 0 Å². The Balaban J connectivity index is 2.81. The van der Waals surface area contributed by atoms with E-state index in [0.29, 0.717) is 11.0 Å². The average Bonchev–Trinajstić information content (AvgIpc) is 2.34. The molecule has 7 heteroatoms. The maximum Gasteiger partial charge on any atom is 0.305 e. The minimum absolute atomic E-state index is 0.256. The fraction of sp³-hybridized carbons (Fsp3) is 0.400. The summed E-state index contributed by atoms with van der Waals surface area (Å²) in [5, 5.41) is 9.99. The van der Waals surface area contributed by atoms with Gasteiger partial charge in [0.05, 0.1) is 40.2 Å². The Morgan fingerprint density at radius 1 is 1.27 bits per heavy atom. The molecule has 0 bridgehead atoms. The predicted molar refractivity (Wildman–Crippen MR) is 86.5 cm³/mol. The van der Waals surface area contributed by atoms with E-state index in [0.717, 1.165) is 11.0 Å². The third-order valence-corrected chi connectivity index (χ3v) is 3.92. The summed E-state index contributed by atoms with van der Waals surface area (Å²) in [6, 6.07) is 8.37. The van der Waals surface area contributed by atoms with E-state index in [1.54, 1.807) is 12.1 Å². The fourth-order valence-corrected chi connectivity index (χ4v) is 3.06. The van der Waals surface area contributed by atoms with Crippen LogP contribution >= 0.6 is 0 Å². The van der Waals surface area contributed by atoms with Gasteiger partial charge >= 0.3 is 5.97 Å². The number of benzene rings is 1. The molecular formula is C15H23N2O4S+. The van der Waals surface area contributed by atoms with Crippen molar-refractivity contribution in [1.82, 2.24) is 4.72 Å². The van der Waals surface area contributed by atoms with Gasteiger partial charge in [0.1, 0.15) is 0 Å². The Hall–Kier alpha value is -1.70. The number of nitrogens with one attached hydrogen (secondary N) is 1. The number of nitrogens with zero attached hydrogens (tertiary/aromatic N) is 1. The van der Waals surface area contributed by atoms with Crippen molar-refractivity contribution in [1.29, 1.82) is 0 Å². The van der Waals surface area contributed by atoms with Gasteiger partial charge in [0.15, 0.2) is 0 Å². The molecule has 2 N–H and O–H groups in total. The number of hydrogen-bond acceptors (Lipinski definition) is 3. The summed E-state index contributed by atoms with van der Waals surface area (Å²) >= 11 is 0. The van der Waals surface area contributed by atoms with E-state index in [9.17, 15) is 13.2 Å². The monoisotopic (exact) mass is 327 g/mol. The number of likely N-dealkylation sites (N-methyl/N-ethyl adjacent to an activating group) is 1. The van der Waals surface area contributed by atoms with Crippen LogP contribution in [0.1, 0.15) is 12.0 Å². The molecule has 0 fully saturated rings. The standard InChI is InChI=1S/C15H22N2O4S/c1-17(2,3)12-14(11-15(18)19)16-22(20,21)10-9-13-7-5-4-6-8-13/h4-10,14,16H,11-12H2,1-3H3/p+1/b10-9+/t14-/m0/s1. The highest BCUT2D eigenvalue weighted by molar-refractivity contribution is 7.92. The minimum atomic E-state index is -3.70. The Labute approximate surface area is 131 Å². The molecule has 0 spiro atoms. The van der Waals surface area contributed by atoms with Gasteiger partial charge < -0.3 is 9.59 Å². The number of sulfonamides is 1. The lowest BCUT2D eigenvalue weighted by molar-refractivity contribution is -0.871. The first kappa shape index (κ1) is 18.3. The summed E-state index contributed by atoms with van der Waals surface area (Å²) in [6.07, 6.45) is 1.22. The van der Waals surface area contributed by atoms with Crippen molar-refractivity contribution in [2.75, 3.05) is 27.7 Å². The zero-order valence-corrected chi connectivity index (χ0v) is 13.9. The van der Waals surface area contributed by atoms with Gasteiger partial charge in [-0.3, -0.25) is 4.79 Å². The number of carbonyl (C=O) groups is 1. The van der Waals surface area contributed by atoms with Gasteiger partial charge in [-0.15, -0.1) is 0 Å². The van der Waals surface area contributed by atoms with Crippen molar-refractivity contribution in [3.05, 3.63) is 41.3 Å². The zero-order valence-electron chi connectivity index (χ0n) is 13.1. The maximum absolute atomic E-state index is 12.1. The molecule has 0 aromatic heterocycles. The number of carboxylic acid groups (broad SMARTS) is 1. The highest BCUT2D eigenvalue weighted by Gasteiger charge is 2.24. The van der Waals surface area contributed by atoms with Crippen LogP contribution in [-0.4, -0.2) is 57.7 Å². The molecule has 0 unspecified atom stereocenters. The molecule has 6 nitrogen and oxygen atoms in total. The number of quaternary nitrogens is 1. The van der Waals surface area contributed by atoms with Crippen LogP contribution in [0.2, 0.25) is 0 Å². The molecule has 0 aliphatic heterocycles. The number of carboxylic acids is 1. The lowest BCUT2D eigenvalue weighted by Gasteiger charge is -2.28. The predicted octanol–water partition coefficient (Wildman–Crippen LogP) is 1.13. The third-order valence-electron chi connectivity index (χ3n) is 2.76. The molecule has 1 rings (SSSR count). The van der Waals surface area contributed by atoms with Crippen LogP contribution in [0.5, 0.6) is 0 Å². The van der Waals surface area contributed by atoms with E-state index in [1.807, 2.05) is 39.3 Å². The molecular weight excluding hydrogens is 304 g/mol. The second-order valence-electron chi connectivity index (χ2n) is 6.14.